The number of hydrogen-bond donors (Lipinski definition) is 2. The van der Waals surface area contributed by atoms with Crippen molar-refractivity contribution in [2.24, 2.45) is 0 Å². The van der Waals surface area contributed by atoms with Gasteiger partial charge in [-0.15, -0.1) is 0 Å². The number of aryl methyl sites for hydroxylation is 1. The van der Waals surface area contributed by atoms with Crippen molar-refractivity contribution < 1.29 is 4.79 Å². The maximum atomic E-state index is 12.2. The van der Waals surface area contributed by atoms with E-state index in [1.807, 2.05) is 31.2 Å². The molecule has 7 heteroatoms. The summed E-state index contributed by atoms with van der Waals surface area (Å²) in [5.41, 5.74) is 2.59. The second kappa shape index (κ2) is 7.51. The van der Waals surface area contributed by atoms with E-state index in [9.17, 15) is 4.79 Å². The van der Waals surface area contributed by atoms with Crippen molar-refractivity contribution in [3.05, 3.63) is 76.2 Å². The molecule has 25 heavy (non-hydrogen) atoms. The molecule has 1 heterocycles. The number of carbonyl (C=O) groups is 1. The molecule has 126 valence electrons. The molecule has 2 N–H and O–H groups in total. The smallest absolute Gasteiger partial charge is 0.275 e. The van der Waals surface area contributed by atoms with Crippen LogP contribution < -0.4 is 10.6 Å². The van der Waals surface area contributed by atoms with Gasteiger partial charge in [-0.05, 0) is 36.8 Å². The van der Waals surface area contributed by atoms with E-state index in [0.717, 1.165) is 5.56 Å². The van der Waals surface area contributed by atoms with Gasteiger partial charge in [-0.3, -0.25) is 4.79 Å². The first-order chi connectivity index (χ1) is 12.0. The molecule has 0 fully saturated rings. The van der Waals surface area contributed by atoms with Crippen LogP contribution in [0, 0.1) is 6.92 Å². The van der Waals surface area contributed by atoms with Crippen LogP contribution in [0.5, 0.6) is 0 Å². The Balaban J connectivity index is 1.71. The van der Waals surface area contributed by atoms with Crippen molar-refractivity contribution in [3.8, 4) is 0 Å². The van der Waals surface area contributed by atoms with Crippen molar-refractivity contribution in [2.75, 3.05) is 10.6 Å². The quantitative estimate of drug-likeness (QED) is 0.669. The Morgan fingerprint density at radius 3 is 2.56 bits per heavy atom. The summed E-state index contributed by atoms with van der Waals surface area (Å²) in [6, 6.07) is 12.8. The fourth-order valence-electron chi connectivity index (χ4n) is 2.17. The molecule has 0 saturated carbocycles. The fourth-order valence-corrected chi connectivity index (χ4v) is 2.51. The van der Waals surface area contributed by atoms with E-state index < -0.39 is 0 Å². The lowest BCUT2D eigenvalue weighted by atomic mass is 10.2. The molecule has 0 aliphatic rings. The molecular weight excluding hydrogens is 359 g/mol. The molecule has 3 rings (SSSR count). The van der Waals surface area contributed by atoms with Gasteiger partial charge in [0.25, 0.3) is 5.91 Å². The second-order valence-electron chi connectivity index (χ2n) is 5.34. The van der Waals surface area contributed by atoms with Gasteiger partial charge in [-0.25, -0.2) is 9.97 Å². The van der Waals surface area contributed by atoms with E-state index >= 15 is 0 Å². The molecular formula is C18H14Cl2N4O. The van der Waals surface area contributed by atoms with Gasteiger partial charge in [0.1, 0.15) is 11.5 Å². The lowest BCUT2D eigenvalue weighted by Gasteiger charge is -2.09. The maximum Gasteiger partial charge on any atom is 0.275 e. The van der Waals surface area contributed by atoms with Crippen molar-refractivity contribution in [1.29, 1.82) is 0 Å². The monoisotopic (exact) mass is 372 g/mol. The van der Waals surface area contributed by atoms with Gasteiger partial charge < -0.3 is 10.6 Å². The van der Waals surface area contributed by atoms with Crippen LogP contribution in [0.3, 0.4) is 0 Å². The number of benzene rings is 2. The molecule has 5 nitrogen and oxygen atoms in total. The Kier molecular flexibility index (Phi) is 5.16. The number of anilines is 3. The van der Waals surface area contributed by atoms with Crippen LogP contribution in [-0.4, -0.2) is 15.9 Å². The predicted octanol–water partition coefficient (Wildman–Crippen LogP) is 5.09. The van der Waals surface area contributed by atoms with Crippen LogP contribution in [0.15, 0.2) is 54.9 Å². The lowest BCUT2D eigenvalue weighted by Crippen LogP contribution is -2.14. The topological polar surface area (TPSA) is 66.9 Å². The van der Waals surface area contributed by atoms with E-state index in [4.69, 9.17) is 23.2 Å². The molecule has 0 unspecified atom stereocenters. The first kappa shape index (κ1) is 17.2. The summed E-state index contributed by atoms with van der Waals surface area (Å²) < 4.78 is 0. The highest BCUT2D eigenvalue weighted by Gasteiger charge is 2.10. The van der Waals surface area contributed by atoms with Crippen molar-refractivity contribution in [2.45, 2.75) is 6.92 Å². The minimum Gasteiger partial charge on any atom is -0.338 e. The molecule has 3 aromatic rings. The van der Waals surface area contributed by atoms with Crippen LogP contribution in [0.4, 0.5) is 17.2 Å². The Bertz CT molecular complexity index is 913. The van der Waals surface area contributed by atoms with Gasteiger partial charge in [-0.2, -0.15) is 0 Å². The molecule has 2 aromatic carbocycles. The van der Waals surface area contributed by atoms with Gasteiger partial charge in [-0.1, -0.05) is 41.4 Å². The average Bonchev–Trinajstić information content (AvgIpc) is 2.59. The van der Waals surface area contributed by atoms with E-state index in [1.54, 1.807) is 18.2 Å². The minimum atomic E-state index is -0.328. The number of nitrogens with zero attached hydrogens (tertiary/aromatic N) is 2. The van der Waals surface area contributed by atoms with Crippen LogP contribution in [0.1, 0.15) is 16.1 Å². The third-order valence-electron chi connectivity index (χ3n) is 3.37. The van der Waals surface area contributed by atoms with Gasteiger partial charge in [0.05, 0.1) is 28.1 Å². The second-order valence-corrected chi connectivity index (χ2v) is 6.12. The zero-order valence-electron chi connectivity index (χ0n) is 13.3. The van der Waals surface area contributed by atoms with E-state index in [1.165, 1.54) is 12.4 Å². The molecule has 0 atom stereocenters. The largest absolute Gasteiger partial charge is 0.338 e. The zero-order valence-corrected chi connectivity index (χ0v) is 14.8. The minimum absolute atomic E-state index is 0.212. The van der Waals surface area contributed by atoms with Gasteiger partial charge >= 0.3 is 0 Å². The molecule has 0 saturated heterocycles. The number of carbonyl (C=O) groups excluding carboxylic acids is 1. The summed E-state index contributed by atoms with van der Waals surface area (Å²) in [4.78, 5) is 20.5. The van der Waals surface area contributed by atoms with Crippen LogP contribution >= 0.6 is 23.2 Å². The Hall–Kier alpha value is -2.63. The van der Waals surface area contributed by atoms with E-state index in [2.05, 4.69) is 20.6 Å². The normalized spacial score (nSPS) is 10.4. The number of amides is 1. The maximum absolute atomic E-state index is 12.2. The highest BCUT2D eigenvalue weighted by Crippen LogP contribution is 2.31. The van der Waals surface area contributed by atoms with Crippen molar-refractivity contribution in [1.82, 2.24) is 9.97 Å². The Labute approximate surface area is 155 Å². The summed E-state index contributed by atoms with van der Waals surface area (Å²) in [5, 5.41) is 6.63. The number of hydrogen-bond acceptors (Lipinski definition) is 4. The number of rotatable bonds is 4. The first-order valence-corrected chi connectivity index (χ1v) is 8.19. The Morgan fingerprint density at radius 1 is 1.04 bits per heavy atom. The van der Waals surface area contributed by atoms with Crippen LogP contribution in [0.2, 0.25) is 10.0 Å². The summed E-state index contributed by atoms with van der Waals surface area (Å²) in [6.07, 6.45) is 2.86. The summed E-state index contributed by atoms with van der Waals surface area (Å²) in [5.74, 6) is 0.127. The third kappa shape index (κ3) is 4.26. The summed E-state index contributed by atoms with van der Waals surface area (Å²) in [7, 11) is 0. The fraction of sp³-hybridized carbons (Fsp3) is 0.0556. The van der Waals surface area contributed by atoms with E-state index in [0.29, 0.717) is 27.2 Å². The first-order valence-electron chi connectivity index (χ1n) is 7.44. The molecule has 0 bridgehead atoms. The molecule has 1 aromatic heterocycles. The molecule has 0 aliphatic heterocycles. The summed E-state index contributed by atoms with van der Waals surface area (Å²) >= 11 is 12.1. The van der Waals surface area contributed by atoms with Crippen molar-refractivity contribution in [3.63, 3.8) is 0 Å². The van der Waals surface area contributed by atoms with Crippen molar-refractivity contribution >= 4 is 46.3 Å². The van der Waals surface area contributed by atoms with Gasteiger partial charge in [0, 0.05) is 5.69 Å². The molecule has 0 radical (unpaired) electrons. The predicted molar refractivity (Wildman–Crippen MR) is 101 cm³/mol. The lowest BCUT2D eigenvalue weighted by molar-refractivity contribution is 0.102. The highest BCUT2D eigenvalue weighted by molar-refractivity contribution is 6.43. The Morgan fingerprint density at radius 2 is 1.84 bits per heavy atom. The number of halogens is 2. The third-order valence-corrected chi connectivity index (χ3v) is 4.19. The number of aromatic nitrogens is 2. The zero-order chi connectivity index (χ0) is 17.8. The molecule has 1 amide bonds. The van der Waals surface area contributed by atoms with Gasteiger partial charge in [0.15, 0.2) is 0 Å². The van der Waals surface area contributed by atoms with Crippen LogP contribution in [0.25, 0.3) is 0 Å². The van der Waals surface area contributed by atoms with Gasteiger partial charge in [0.2, 0.25) is 0 Å². The SMILES string of the molecule is Cc1cccc(NC(=O)c2cnc(Nc3cccc(Cl)c3Cl)cn2)c1. The molecule has 0 aliphatic carbocycles. The average molecular weight is 373 g/mol. The summed E-state index contributed by atoms with van der Waals surface area (Å²) in [6.45, 7) is 1.96. The highest BCUT2D eigenvalue weighted by atomic mass is 35.5. The standard InChI is InChI=1S/C18H14Cl2N4O/c1-11-4-2-5-12(8-11)23-18(25)15-9-22-16(10-21-15)24-14-7-3-6-13(19)17(14)20/h2-10H,1H3,(H,22,24)(H,23,25). The van der Waals surface area contributed by atoms with Crippen LogP contribution in [-0.2, 0) is 0 Å². The molecule has 0 spiro atoms. The van der Waals surface area contributed by atoms with E-state index in [-0.39, 0.29) is 11.6 Å². The number of nitrogens with one attached hydrogen (secondary N) is 2.